The number of rotatable bonds is 4. The summed E-state index contributed by atoms with van der Waals surface area (Å²) in [6, 6.07) is 16.2. The molecular formula is C16H21Cl2O3SiTi. The van der Waals surface area contributed by atoms with Crippen molar-refractivity contribution in [2.24, 2.45) is 0 Å². The Balaban J connectivity index is 0.00000132. The number of hydrogen-bond donors (Lipinski definition) is 1. The molecule has 23 heavy (non-hydrogen) atoms. The zero-order valence-electron chi connectivity index (χ0n) is 12.9. The molecule has 0 amide bonds. The molecule has 0 radical (unpaired) electrons. The molecular weight excluding hydrogens is 387 g/mol. The average Bonchev–Trinajstić information content (AvgIpc) is 2.80. The summed E-state index contributed by atoms with van der Waals surface area (Å²) in [5.74, 6) is 0. The molecule has 125 valence electrons. The fraction of sp³-hybridized carbons (Fsp3) is 0.250. The van der Waals surface area contributed by atoms with Crippen LogP contribution in [0.25, 0.3) is 11.1 Å². The Bertz CT molecular complexity index is 787. The van der Waals surface area contributed by atoms with Crippen LogP contribution in [0.2, 0.25) is 5.23 Å². The summed E-state index contributed by atoms with van der Waals surface area (Å²) >= 11 is -4.43. The van der Waals surface area contributed by atoms with Gasteiger partial charge in [-0.3, -0.25) is 0 Å². The molecule has 1 N–H and O–H groups in total. The van der Waals surface area contributed by atoms with E-state index >= 15 is 0 Å². The van der Waals surface area contributed by atoms with Crippen LogP contribution in [-0.4, -0.2) is 26.0 Å². The molecule has 1 aliphatic rings. The predicted molar refractivity (Wildman–Crippen MR) is 96.3 cm³/mol. The third-order valence-corrected chi connectivity index (χ3v) is 11.4. The molecule has 0 unspecified atom stereocenters. The number of fused-ring (bicyclic) bond motifs is 3. The molecule has 0 bridgehead atoms. The number of halogens is 2. The normalized spacial score (nSPS) is 13.5. The first kappa shape index (κ1) is 20.7. The topological polar surface area (TPSA) is 46.5 Å². The van der Waals surface area contributed by atoms with Crippen molar-refractivity contribution < 1.29 is 26.1 Å². The van der Waals surface area contributed by atoms with Crippen molar-refractivity contribution in [1.29, 1.82) is 0 Å². The minimum absolute atomic E-state index is 0. The molecule has 1 aliphatic carbocycles. The van der Waals surface area contributed by atoms with Crippen molar-refractivity contribution >= 4 is 32.4 Å². The van der Waals surface area contributed by atoms with E-state index in [2.05, 4.69) is 12.1 Å². The van der Waals surface area contributed by atoms with Crippen molar-refractivity contribution in [2.45, 2.75) is 9.45 Å². The molecule has 3 nitrogen and oxygen atoms in total. The summed E-state index contributed by atoms with van der Waals surface area (Å²) in [7, 11) is 1.51. The fourth-order valence-electron chi connectivity index (χ4n) is 3.34. The van der Waals surface area contributed by atoms with Crippen LogP contribution in [0.4, 0.5) is 0 Å². The summed E-state index contributed by atoms with van der Waals surface area (Å²) in [5, 5.41) is 10.8. The summed E-state index contributed by atoms with van der Waals surface area (Å²) in [6.07, 6.45) is 0. The third kappa shape index (κ3) is 3.69. The number of benzene rings is 2. The van der Waals surface area contributed by atoms with E-state index in [0.29, 0.717) is 0 Å². The first-order chi connectivity index (χ1) is 9.92. The Morgan fingerprint density at radius 3 is 1.91 bits per heavy atom. The number of aliphatic hydroxyl groups is 1. The van der Waals surface area contributed by atoms with Crippen LogP contribution in [0.1, 0.15) is 15.3 Å². The minimum atomic E-state index is -4.43. The molecule has 0 aliphatic heterocycles. The van der Waals surface area contributed by atoms with Gasteiger partial charge in [0.2, 0.25) is 0 Å². The van der Waals surface area contributed by atoms with Gasteiger partial charge in [-0.05, 0) is 0 Å². The zero-order chi connectivity index (χ0) is 15.1. The molecule has 0 saturated heterocycles. The van der Waals surface area contributed by atoms with Crippen molar-refractivity contribution in [3.63, 3.8) is 0 Å². The van der Waals surface area contributed by atoms with Crippen LogP contribution >= 0.6 is 24.8 Å². The molecule has 0 fully saturated rings. The van der Waals surface area contributed by atoms with E-state index in [1.807, 2.05) is 36.4 Å². The maximum absolute atomic E-state index is 13.6. The van der Waals surface area contributed by atoms with Gasteiger partial charge in [0, 0.05) is 0 Å². The van der Waals surface area contributed by atoms with Gasteiger partial charge in [-0.1, -0.05) is 0 Å². The second kappa shape index (κ2) is 7.28. The fourth-order valence-corrected chi connectivity index (χ4v) is 10.3. The number of hydrogen-bond acceptors (Lipinski definition) is 3. The first-order valence-electron chi connectivity index (χ1n) is 7.14. The Morgan fingerprint density at radius 2 is 1.48 bits per heavy atom. The summed E-state index contributed by atoms with van der Waals surface area (Å²) in [4.78, 5) is 0. The van der Waals surface area contributed by atoms with Gasteiger partial charge in [0.25, 0.3) is 0 Å². The van der Waals surface area contributed by atoms with Gasteiger partial charge in [-0.2, -0.15) is 0 Å². The van der Waals surface area contributed by atoms with E-state index in [4.69, 9.17) is 8.42 Å². The Kier molecular flexibility index (Phi) is 6.55. The van der Waals surface area contributed by atoms with Crippen LogP contribution in [0, 0.1) is 0 Å². The van der Waals surface area contributed by atoms with Crippen LogP contribution < -0.4 is 0 Å². The van der Waals surface area contributed by atoms with E-state index in [1.54, 1.807) is 5.23 Å². The molecule has 7 heteroatoms. The Hall–Kier alpha value is -0.329. The maximum atomic E-state index is 13.6. The van der Waals surface area contributed by atoms with Crippen molar-refractivity contribution in [3.05, 3.63) is 59.7 Å². The summed E-state index contributed by atoms with van der Waals surface area (Å²) in [5.41, 5.74) is 4.46. The van der Waals surface area contributed by atoms with E-state index in [1.165, 1.54) is 7.63 Å². The van der Waals surface area contributed by atoms with E-state index in [9.17, 15) is 3.32 Å². The quantitative estimate of drug-likeness (QED) is 0.791. The molecule has 0 spiro atoms. The second-order valence-electron chi connectivity index (χ2n) is 6.04. The van der Waals surface area contributed by atoms with E-state index in [0.717, 1.165) is 22.3 Å². The monoisotopic (exact) mass is 407 g/mol. The molecule has 0 heterocycles. The van der Waals surface area contributed by atoms with E-state index in [-0.39, 0.29) is 42.3 Å². The Labute approximate surface area is 151 Å². The van der Waals surface area contributed by atoms with Gasteiger partial charge in [-0.15, -0.1) is 24.8 Å². The van der Waals surface area contributed by atoms with Crippen molar-refractivity contribution in [3.8, 4) is 11.1 Å². The standard InChI is InChI=1S/C13H9.C2H5O2.CH3.2ClH.O.H2Si.Ti/c1-3-7-12-10(5-1)9-11-6-2-4-8-13(11)12;3-1-2-4;;;;;;/h1-9H;3H,1-2H2;1H3;2*1H;;1H2;/q;-1;;;;;;+1. The zero-order valence-corrected chi connectivity index (χ0v) is 17.5. The van der Waals surface area contributed by atoms with Crippen LogP contribution in [-0.2, 0) is 21.0 Å². The van der Waals surface area contributed by atoms with Gasteiger partial charge in [-0.25, -0.2) is 0 Å². The van der Waals surface area contributed by atoms with E-state index < -0.39 is 14.4 Å². The molecule has 0 atom stereocenters. The number of aliphatic hydroxyl groups excluding tert-OH is 1. The van der Waals surface area contributed by atoms with Gasteiger partial charge in [0.15, 0.2) is 0 Å². The van der Waals surface area contributed by atoms with Gasteiger partial charge in [0.05, 0.1) is 0 Å². The summed E-state index contributed by atoms with van der Waals surface area (Å²) < 4.78 is 19.2. The molecule has 0 saturated carbocycles. The van der Waals surface area contributed by atoms with Crippen LogP contribution in [0.3, 0.4) is 0 Å². The van der Waals surface area contributed by atoms with Gasteiger partial charge in [0.1, 0.15) is 0 Å². The van der Waals surface area contributed by atoms with Crippen LogP contribution in [0.15, 0.2) is 48.5 Å². The molecule has 2 aromatic rings. The summed E-state index contributed by atoms with van der Waals surface area (Å²) in [6.45, 7) is 0.0191. The predicted octanol–water partition coefficient (Wildman–Crippen LogP) is 3.16. The molecule has 0 aromatic heterocycles. The Morgan fingerprint density at radius 1 is 1.04 bits per heavy atom. The SMILES string of the molecule is Cl.Cl.[CH3][Ti](=[O])(=[SiH2])([O]CCO)[CH]1c2ccccc2-c2ccccc21. The van der Waals surface area contributed by atoms with Crippen molar-refractivity contribution in [1.82, 2.24) is 0 Å². The van der Waals surface area contributed by atoms with Gasteiger partial charge < -0.3 is 0 Å². The first-order valence-corrected chi connectivity index (χ1v) is 14.9. The van der Waals surface area contributed by atoms with Gasteiger partial charge >= 0.3 is 127 Å². The molecule has 3 rings (SSSR count). The molecule has 2 aromatic carbocycles. The van der Waals surface area contributed by atoms with Crippen LogP contribution in [0.5, 0.6) is 0 Å². The second-order valence-corrected chi connectivity index (χ2v) is 20.2. The van der Waals surface area contributed by atoms with Crippen molar-refractivity contribution in [2.75, 3.05) is 13.2 Å². The average molecular weight is 408 g/mol. The third-order valence-electron chi connectivity index (χ3n) is 4.14.